The second kappa shape index (κ2) is 11.4. The third-order valence-electron chi connectivity index (χ3n) is 5.45. The summed E-state index contributed by atoms with van der Waals surface area (Å²) >= 11 is 0. The van der Waals surface area contributed by atoms with Crippen LogP contribution in [0.5, 0.6) is 0 Å². The number of hydrogen-bond donors (Lipinski definition) is 2. The standard InChI is InChI=1S/C26H27FN4O4/c1-16-8-20(4-6-22(16)18(3)32)12-31(14-25(33)34)13-21-10-24(30-15-29-21)26(35)28-11-19-5-7-23(27)17(2)9-19/h4-10,15H,11-14H2,1-3H3,(H,28,35)(H,33,34). The Hall–Kier alpha value is -3.98. The van der Waals surface area contributed by atoms with Gasteiger partial charge in [-0.3, -0.25) is 19.3 Å². The number of benzene rings is 2. The van der Waals surface area contributed by atoms with Gasteiger partial charge >= 0.3 is 5.97 Å². The first-order chi connectivity index (χ1) is 16.6. The minimum Gasteiger partial charge on any atom is -0.480 e. The molecule has 0 saturated heterocycles. The Bertz CT molecular complexity index is 1260. The van der Waals surface area contributed by atoms with Crippen LogP contribution in [0, 0.1) is 19.7 Å². The van der Waals surface area contributed by atoms with Gasteiger partial charge in [0.15, 0.2) is 5.78 Å². The first-order valence-corrected chi connectivity index (χ1v) is 11.0. The molecule has 0 spiro atoms. The average Bonchev–Trinajstić information content (AvgIpc) is 2.79. The van der Waals surface area contributed by atoms with Crippen LogP contribution in [0.25, 0.3) is 0 Å². The molecule has 0 aliphatic carbocycles. The molecule has 8 nitrogen and oxygen atoms in total. The monoisotopic (exact) mass is 478 g/mol. The highest BCUT2D eigenvalue weighted by Crippen LogP contribution is 2.15. The average molecular weight is 479 g/mol. The Morgan fingerprint density at radius 1 is 0.971 bits per heavy atom. The smallest absolute Gasteiger partial charge is 0.317 e. The van der Waals surface area contributed by atoms with Crippen LogP contribution in [0.15, 0.2) is 48.8 Å². The normalized spacial score (nSPS) is 10.9. The van der Waals surface area contributed by atoms with E-state index in [4.69, 9.17) is 0 Å². The molecule has 1 heterocycles. The van der Waals surface area contributed by atoms with Gasteiger partial charge in [-0.2, -0.15) is 0 Å². The quantitative estimate of drug-likeness (QED) is 0.429. The number of nitrogens with zero attached hydrogens (tertiary/aromatic N) is 3. The number of ketones is 1. The van der Waals surface area contributed by atoms with Crippen molar-refractivity contribution >= 4 is 17.7 Å². The Morgan fingerprint density at radius 3 is 2.34 bits per heavy atom. The van der Waals surface area contributed by atoms with Gasteiger partial charge in [0, 0.05) is 25.2 Å². The Morgan fingerprint density at radius 2 is 1.69 bits per heavy atom. The van der Waals surface area contributed by atoms with Gasteiger partial charge in [0.25, 0.3) is 5.91 Å². The molecule has 2 N–H and O–H groups in total. The van der Waals surface area contributed by atoms with Crippen molar-refractivity contribution in [2.24, 2.45) is 0 Å². The summed E-state index contributed by atoms with van der Waals surface area (Å²) in [5.41, 5.74) is 4.18. The zero-order valence-corrected chi connectivity index (χ0v) is 19.8. The third-order valence-corrected chi connectivity index (χ3v) is 5.45. The number of amides is 1. The number of Topliss-reactive ketones (excluding diaryl/α,β-unsaturated/α-hetero) is 1. The van der Waals surface area contributed by atoms with Crippen LogP contribution < -0.4 is 5.32 Å². The van der Waals surface area contributed by atoms with Crippen molar-refractivity contribution in [3.05, 3.63) is 93.8 Å². The number of carbonyl (C=O) groups excluding carboxylic acids is 2. The van der Waals surface area contributed by atoms with E-state index >= 15 is 0 Å². The molecule has 182 valence electrons. The number of carbonyl (C=O) groups is 3. The lowest BCUT2D eigenvalue weighted by molar-refractivity contribution is -0.138. The van der Waals surface area contributed by atoms with E-state index in [1.807, 2.05) is 13.0 Å². The molecule has 0 atom stereocenters. The molecule has 1 aromatic heterocycles. The molecular weight excluding hydrogens is 451 g/mol. The van der Waals surface area contributed by atoms with E-state index in [-0.39, 0.29) is 36.9 Å². The highest BCUT2D eigenvalue weighted by atomic mass is 19.1. The van der Waals surface area contributed by atoms with Gasteiger partial charge in [-0.05, 0) is 55.2 Å². The van der Waals surface area contributed by atoms with E-state index < -0.39 is 11.9 Å². The first-order valence-electron chi connectivity index (χ1n) is 11.0. The van der Waals surface area contributed by atoms with Crippen LogP contribution in [0.3, 0.4) is 0 Å². The lowest BCUT2D eigenvalue weighted by Crippen LogP contribution is -2.30. The van der Waals surface area contributed by atoms with Crippen molar-refractivity contribution in [3.63, 3.8) is 0 Å². The van der Waals surface area contributed by atoms with Gasteiger partial charge in [-0.25, -0.2) is 14.4 Å². The molecular formula is C26H27FN4O4. The maximum Gasteiger partial charge on any atom is 0.317 e. The molecule has 3 rings (SSSR count). The summed E-state index contributed by atoms with van der Waals surface area (Å²) in [6, 6.07) is 11.5. The fourth-order valence-corrected chi connectivity index (χ4v) is 3.76. The zero-order chi connectivity index (χ0) is 25.5. The number of carboxylic acids is 1. The van der Waals surface area contributed by atoms with Gasteiger partial charge < -0.3 is 10.4 Å². The number of rotatable bonds is 10. The minimum atomic E-state index is -0.997. The van der Waals surface area contributed by atoms with Crippen molar-refractivity contribution < 1.29 is 23.9 Å². The second-order valence-corrected chi connectivity index (χ2v) is 8.41. The van der Waals surface area contributed by atoms with Crippen molar-refractivity contribution in [3.8, 4) is 0 Å². The van der Waals surface area contributed by atoms with E-state index in [2.05, 4.69) is 15.3 Å². The summed E-state index contributed by atoms with van der Waals surface area (Å²) in [6.07, 6.45) is 1.26. The molecule has 0 radical (unpaired) electrons. The largest absolute Gasteiger partial charge is 0.480 e. The van der Waals surface area contributed by atoms with E-state index in [1.54, 1.807) is 36.1 Å². The predicted octanol–water partition coefficient (Wildman–Crippen LogP) is 3.45. The fourth-order valence-electron chi connectivity index (χ4n) is 3.76. The summed E-state index contributed by atoms with van der Waals surface area (Å²) in [4.78, 5) is 45.6. The summed E-state index contributed by atoms with van der Waals surface area (Å²) < 4.78 is 13.4. The third kappa shape index (κ3) is 7.25. The first kappa shape index (κ1) is 25.6. The number of halogens is 1. The van der Waals surface area contributed by atoms with Gasteiger partial charge in [-0.1, -0.05) is 30.3 Å². The van der Waals surface area contributed by atoms with E-state index in [0.717, 1.165) is 16.7 Å². The maximum absolute atomic E-state index is 13.4. The fraction of sp³-hybridized carbons (Fsp3) is 0.269. The van der Waals surface area contributed by atoms with Crippen LogP contribution in [0.4, 0.5) is 4.39 Å². The molecule has 35 heavy (non-hydrogen) atoms. The summed E-state index contributed by atoms with van der Waals surface area (Å²) in [6.45, 7) is 5.47. The van der Waals surface area contributed by atoms with Crippen molar-refractivity contribution in [2.75, 3.05) is 6.54 Å². The number of hydrogen-bond acceptors (Lipinski definition) is 6. The van der Waals surface area contributed by atoms with Crippen molar-refractivity contribution in [1.82, 2.24) is 20.2 Å². The van der Waals surface area contributed by atoms with Gasteiger partial charge in [0.1, 0.15) is 17.8 Å². The van der Waals surface area contributed by atoms with E-state index in [0.29, 0.717) is 23.4 Å². The zero-order valence-electron chi connectivity index (χ0n) is 19.8. The molecule has 0 aliphatic heterocycles. The number of aliphatic carboxylic acids is 1. The Kier molecular flexibility index (Phi) is 8.38. The highest BCUT2D eigenvalue weighted by Gasteiger charge is 2.15. The minimum absolute atomic E-state index is 0.0298. The molecule has 2 aromatic carbocycles. The number of aromatic nitrogens is 2. The summed E-state index contributed by atoms with van der Waals surface area (Å²) in [5, 5.41) is 12.1. The van der Waals surface area contributed by atoms with E-state index in [9.17, 15) is 23.9 Å². The molecule has 0 fully saturated rings. The molecule has 1 amide bonds. The SMILES string of the molecule is CC(=O)c1ccc(CN(CC(=O)O)Cc2cc(C(=O)NCc3ccc(F)c(C)c3)ncn2)cc1C. The van der Waals surface area contributed by atoms with Crippen molar-refractivity contribution in [2.45, 2.75) is 40.4 Å². The topological polar surface area (TPSA) is 112 Å². The second-order valence-electron chi connectivity index (χ2n) is 8.41. The number of nitrogens with one attached hydrogen (secondary N) is 1. The molecule has 0 aliphatic rings. The number of aryl methyl sites for hydroxylation is 2. The van der Waals surface area contributed by atoms with Crippen molar-refractivity contribution in [1.29, 1.82) is 0 Å². The Labute approximate surface area is 202 Å². The van der Waals surface area contributed by atoms with Crippen LogP contribution in [0.2, 0.25) is 0 Å². The lowest BCUT2D eigenvalue weighted by Gasteiger charge is -2.20. The highest BCUT2D eigenvalue weighted by molar-refractivity contribution is 5.95. The molecule has 3 aromatic rings. The molecule has 9 heteroatoms. The van der Waals surface area contributed by atoms with Crippen LogP contribution in [-0.4, -0.2) is 44.2 Å². The molecule has 0 bridgehead atoms. The van der Waals surface area contributed by atoms with E-state index in [1.165, 1.54) is 25.4 Å². The Balaban J connectivity index is 1.70. The predicted molar refractivity (Wildman–Crippen MR) is 127 cm³/mol. The van der Waals surface area contributed by atoms with Gasteiger partial charge in [0.05, 0.1) is 12.2 Å². The van der Waals surface area contributed by atoms with Gasteiger partial charge in [0.2, 0.25) is 0 Å². The van der Waals surface area contributed by atoms with Gasteiger partial charge in [-0.15, -0.1) is 0 Å². The maximum atomic E-state index is 13.4. The molecule has 0 saturated carbocycles. The van der Waals surface area contributed by atoms with Crippen LogP contribution >= 0.6 is 0 Å². The molecule has 0 unspecified atom stereocenters. The van der Waals surface area contributed by atoms with Crippen LogP contribution in [0.1, 0.15) is 55.7 Å². The van der Waals surface area contributed by atoms with Crippen LogP contribution in [-0.2, 0) is 24.4 Å². The summed E-state index contributed by atoms with van der Waals surface area (Å²) in [7, 11) is 0. The number of carboxylic acid groups (broad SMARTS) is 1. The summed E-state index contributed by atoms with van der Waals surface area (Å²) in [5.74, 6) is -1.76. The lowest BCUT2D eigenvalue weighted by atomic mass is 10.0.